The summed E-state index contributed by atoms with van der Waals surface area (Å²) in [5.74, 6) is -0.670. The van der Waals surface area contributed by atoms with Gasteiger partial charge in [-0.2, -0.15) is 5.10 Å². The van der Waals surface area contributed by atoms with E-state index in [1.807, 2.05) is 33.8 Å². The van der Waals surface area contributed by atoms with E-state index in [4.69, 9.17) is 4.74 Å². The molecule has 8 nitrogen and oxygen atoms in total. The summed E-state index contributed by atoms with van der Waals surface area (Å²) in [6.45, 7) is 15.2. The number of fused-ring (bicyclic) bond motifs is 3. The maximum atomic E-state index is 13.6. The van der Waals surface area contributed by atoms with Crippen molar-refractivity contribution >= 4 is 5.97 Å². The number of rotatable bonds is 4. The van der Waals surface area contributed by atoms with Crippen LogP contribution in [0.25, 0.3) is 0 Å². The maximum absolute atomic E-state index is 13.6. The summed E-state index contributed by atoms with van der Waals surface area (Å²) in [6.07, 6.45) is 0.649. The van der Waals surface area contributed by atoms with Gasteiger partial charge in [0.1, 0.15) is 17.3 Å². The average Bonchev–Trinajstić information content (AvgIpc) is 3.12. The number of ether oxygens (including phenoxy) is 1. The molecule has 0 aromatic carbocycles. The van der Waals surface area contributed by atoms with Crippen molar-refractivity contribution in [2.75, 3.05) is 6.61 Å². The first-order chi connectivity index (χ1) is 17.2. The van der Waals surface area contributed by atoms with Crippen LogP contribution in [-0.4, -0.2) is 66.7 Å². The van der Waals surface area contributed by atoms with Gasteiger partial charge in [-0.15, -0.1) is 0 Å². The zero-order chi connectivity index (χ0) is 27.4. The van der Waals surface area contributed by atoms with Crippen LogP contribution in [0.5, 0.6) is 0 Å². The van der Waals surface area contributed by atoms with E-state index < -0.39 is 41.9 Å². The predicted molar refractivity (Wildman–Crippen MR) is 138 cm³/mol. The molecule has 2 fully saturated rings. The zero-order valence-electron chi connectivity index (χ0n) is 23.2. The molecule has 0 aliphatic heterocycles. The van der Waals surface area contributed by atoms with Gasteiger partial charge in [-0.25, -0.2) is 4.79 Å². The van der Waals surface area contributed by atoms with Crippen LogP contribution in [-0.2, 0) is 4.74 Å². The Bertz CT molecular complexity index is 1200. The number of aromatic nitrogens is 2. The van der Waals surface area contributed by atoms with E-state index in [1.54, 1.807) is 24.6 Å². The maximum Gasteiger partial charge on any atom is 0.342 e. The van der Waals surface area contributed by atoms with Crippen LogP contribution < -0.4 is 0 Å². The third-order valence-corrected chi connectivity index (χ3v) is 10.4. The number of aliphatic hydroxyl groups excluding tert-OH is 3. The zero-order valence-corrected chi connectivity index (χ0v) is 23.2. The SMILES string of the molecule is CC1=C[C@]23C(O)[C@@H](C=C(CO)[C@@H](O)[C@]2(O)[C@H]1OC(=O)c1c(C)nn(C(C)C)c1C)[C@H]1[C@@H](C[C@H]3C)C1(C)C. The smallest absolute Gasteiger partial charge is 0.342 e. The number of hydrogen-bond donors (Lipinski definition) is 4. The van der Waals surface area contributed by atoms with Crippen LogP contribution in [0.1, 0.15) is 75.8 Å². The lowest BCUT2D eigenvalue weighted by molar-refractivity contribution is -0.215. The molecule has 37 heavy (non-hydrogen) atoms. The topological polar surface area (TPSA) is 125 Å². The average molecular weight is 515 g/mol. The van der Waals surface area contributed by atoms with Gasteiger partial charge >= 0.3 is 5.97 Å². The summed E-state index contributed by atoms with van der Waals surface area (Å²) < 4.78 is 7.83. The molecule has 204 valence electrons. The van der Waals surface area contributed by atoms with Gasteiger partial charge in [0.2, 0.25) is 0 Å². The molecule has 4 aliphatic rings. The van der Waals surface area contributed by atoms with Crippen molar-refractivity contribution in [2.45, 2.75) is 91.8 Å². The molecule has 0 saturated heterocycles. The second-order valence-corrected chi connectivity index (χ2v) is 12.9. The molecule has 4 N–H and O–H groups in total. The number of hydrogen-bond acceptors (Lipinski definition) is 7. The number of aryl methyl sites for hydroxylation is 1. The monoisotopic (exact) mass is 514 g/mol. The molecular weight excluding hydrogens is 472 g/mol. The van der Waals surface area contributed by atoms with E-state index in [2.05, 4.69) is 18.9 Å². The van der Waals surface area contributed by atoms with Gasteiger partial charge in [0.05, 0.1) is 29.5 Å². The van der Waals surface area contributed by atoms with Crippen molar-refractivity contribution in [1.29, 1.82) is 0 Å². The third-order valence-electron chi connectivity index (χ3n) is 10.4. The molecule has 1 heterocycles. The van der Waals surface area contributed by atoms with Crippen molar-refractivity contribution in [3.63, 3.8) is 0 Å². The van der Waals surface area contributed by atoms with Crippen LogP contribution in [0.4, 0.5) is 0 Å². The molecule has 2 bridgehead atoms. The first kappa shape index (κ1) is 26.6. The lowest BCUT2D eigenvalue weighted by Crippen LogP contribution is -2.66. The highest BCUT2D eigenvalue weighted by Gasteiger charge is 2.76. The largest absolute Gasteiger partial charge is 0.451 e. The van der Waals surface area contributed by atoms with Crippen LogP contribution in [0.15, 0.2) is 23.3 Å². The molecule has 1 unspecified atom stereocenters. The van der Waals surface area contributed by atoms with Crippen molar-refractivity contribution in [3.05, 3.63) is 40.2 Å². The van der Waals surface area contributed by atoms with Crippen LogP contribution in [0.2, 0.25) is 0 Å². The Hall–Kier alpha value is -2.00. The first-order valence-electron chi connectivity index (χ1n) is 13.5. The molecule has 1 aromatic rings. The van der Waals surface area contributed by atoms with Gasteiger partial charge in [0.15, 0.2) is 6.10 Å². The Kier molecular flexibility index (Phi) is 5.93. The number of nitrogens with zero attached hydrogens (tertiary/aromatic N) is 2. The second-order valence-electron chi connectivity index (χ2n) is 12.9. The van der Waals surface area contributed by atoms with E-state index in [0.717, 1.165) is 6.42 Å². The van der Waals surface area contributed by atoms with E-state index in [0.29, 0.717) is 28.4 Å². The van der Waals surface area contributed by atoms with Crippen molar-refractivity contribution in [3.8, 4) is 0 Å². The fourth-order valence-electron chi connectivity index (χ4n) is 8.53. The fraction of sp³-hybridized carbons (Fsp3) is 0.724. The van der Waals surface area contributed by atoms with Crippen molar-refractivity contribution in [1.82, 2.24) is 9.78 Å². The normalized spacial score (nSPS) is 41.8. The quantitative estimate of drug-likeness (QED) is 0.360. The third kappa shape index (κ3) is 3.22. The molecule has 4 aliphatic carbocycles. The molecular formula is C29H42N2O6. The Labute approximate surface area is 219 Å². The summed E-state index contributed by atoms with van der Waals surface area (Å²) >= 11 is 0. The molecule has 1 aromatic heterocycles. The minimum atomic E-state index is -2.05. The highest BCUT2D eigenvalue weighted by molar-refractivity contribution is 5.92. The van der Waals surface area contributed by atoms with Crippen LogP contribution in [0.3, 0.4) is 0 Å². The van der Waals surface area contributed by atoms with Gasteiger partial charge in [-0.05, 0) is 75.4 Å². The number of aliphatic hydroxyl groups is 4. The molecule has 1 spiro atoms. The lowest BCUT2D eigenvalue weighted by Gasteiger charge is -2.52. The van der Waals surface area contributed by atoms with Crippen molar-refractivity contribution in [2.24, 2.45) is 34.5 Å². The second kappa shape index (κ2) is 8.25. The van der Waals surface area contributed by atoms with Crippen LogP contribution in [0, 0.1) is 48.3 Å². The molecule has 9 atom stereocenters. The summed E-state index contributed by atoms with van der Waals surface area (Å²) in [5, 5.41) is 51.1. The van der Waals surface area contributed by atoms with Gasteiger partial charge < -0.3 is 25.2 Å². The molecule has 5 rings (SSSR count). The summed E-state index contributed by atoms with van der Waals surface area (Å²) in [7, 11) is 0. The van der Waals surface area contributed by atoms with Crippen LogP contribution >= 0.6 is 0 Å². The molecule has 0 radical (unpaired) electrons. The van der Waals surface area contributed by atoms with Gasteiger partial charge in [-0.3, -0.25) is 4.68 Å². The van der Waals surface area contributed by atoms with Gasteiger partial charge in [0, 0.05) is 12.0 Å². The Morgan fingerprint density at radius 3 is 2.46 bits per heavy atom. The number of esters is 1. The molecule has 0 amide bonds. The molecule has 2 saturated carbocycles. The first-order valence-corrected chi connectivity index (χ1v) is 13.5. The van der Waals surface area contributed by atoms with E-state index >= 15 is 0 Å². The van der Waals surface area contributed by atoms with E-state index in [-0.39, 0.29) is 34.8 Å². The minimum Gasteiger partial charge on any atom is -0.451 e. The van der Waals surface area contributed by atoms with Gasteiger partial charge in [-0.1, -0.05) is 32.9 Å². The highest BCUT2D eigenvalue weighted by atomic mass is 16.6. The Morgan fingerprint density at radius 2 is 1.89 bits per heavy atom. The highest BCUT2D eigenvalue weighted by Crippen LogP contribution is 2.72. The minimum absolute atomic E-state index is 0.0147. The van der Waals surface area contributed by atoms with Gasteiger partial charge in [0.25, 0.3) is 0 Å². The number of carbonyl (C=O) groups excluding carboxylic acids is 1. The lowest BCUT2D eigenvalue weighted by atomic mass is 9.58. The standard InChI is InChI=1S/C29H42N2O6/c1-13(2)31-17(6)21(16(5)30-31)26(35)37-25-14(3)11-28-15(4)9-20-22(27(20,7)8)19(24(28)34)10-18(12-32)23(33)29(25,28)36/h10-11,13,15,19-20,22-25,32-34,36H,9,12H2,1-8H3/t15-,19+,20-,22+,23-,24?,25+,28+,29+/m1/s1. The summed E-state index contributed by atoms with van der Waals surface area (Å²) in [4.78, 5) is 13.6. The van der Waals surface area contributed by atoms with Crippen molar-refractivity contribution < 1.29 is 30.0 Å². The fourth-order valence-corrected chi connectivity index (χ4v) is 8.53. The predicted octanol–water partition coefficient (Wildman–Crippen LogP) is 2.87. The van der Waals surface area contributed by atoms with E-state index in [1.165, 1.54) is 0 Å². The summed E-state index contributed by atoms with van der Waals surface area (Å²) in [5.41, 5.74) is -0.917. The Morgan fingerprint density at radius 1 is 1.24 bits per heavy atom. The Balaban J connectivity index is 1.62. The van der Waals surface area contributed by atoms with E-state index in [9.17, 15) is 25.2 Å². The summed E-state index contributed by atoms with van der Waals surface area (Å²) in [6, 6.07) is 0.0522. The number of carbonyl (C=O) groups is 1. The molecule has 8 heteroatoms.